The smallest absolute Gasteiger partial charge is 0.683 e. The number of methoxy groups -OCH3 is 1. The number of hydrogen-bond acceptors (Lipinski definition) is 6. The van der Waals surface area contributed by atoms with E-state index in [9.17, 15) is 14.4 Å². The number of nitrogens with one attached hydrogen (secondary N) is 2. The van der Waals surface area contributed by atoms with Crippen molar-refractivity contribution in [3.63, 3.8) is 0 Å². The molecule has 1 aromatic heterocycles. The Balaban J connectivity index is 0.00000448. The van der Waals surface area contributed by atoms with Gasteiger partial charge < -0.3 is 34.5 Å². The summed E-state index contributed by atoms with van der Waals surface area (Å²) in [6, 6.07) is 14.3. The van der Waals surface area contributed by atoms with Crippen LogP contribution in [-0.4, -0.2) is 69.1 Å². The number of fused-ring (bicyclic) bond motifs is 4. The number of hydrogen-bond donors (Lipinski definition) is 2. The maximum atomic E-state index is 15.6. The molecule has 0 radical (unpaired) electrons. The summed E-state index contributed by atoms with van der Waals surface area (Å²) in [6.45, 7) is 4.29. The molecule has 3 aliphatic rings. The minimum Gasteiger partial charge on any atom is -0.683 e. The molecule has 1 saturated heterocycles. The molecule has 3 aromatic carbocycles. The van der Waals surface area contributed by atoms with Gasteiger partial charge in [-0.15, -0.1) is 23.3 Å². The molecule has 15 heteroatoms. The number of ether oxygens (including phenoxy) is 2. The first-order chi connectivity index (χ1) is 23.9. The Morgan fingerprint density at radius 2 is 1.78 bits per heavy atom. The van der Waals surface area contributed by atoms with Gasteiger partial charge in [-0.2, -0.15) is 22.0 Å². The average molecular weight is 986 g/mol. The summed E-state index contributed by atoms with van der Waals surface area (Å²) in [5, 5.41) is 2.62. The number of alkyl halides is 2. The van der Waals surface area contributed by atoms with Crippen molar-refractivity contribution in [1.82, 2.24) is 30.0 Å². The van der Waals surface area contributed by atoms with Gasteiger partial charge in [-0.3, -0.25) is 4.79 Å². The zero-order valence-electron chi connectivity index (χ0n) is 27.9. The Morgan fingerprint density at radius 1 is 1.08 bits per heavy atom. The van der Waals surface area contributed by atoms with Crippen molar-refractivity contribution in [2.45, 2.75) is 44.9 Å². The fraction of sp³-hybridized carbons (Fsp3) is 0.306. The molecule has 1 aliphatic carbocycles. The summed E-state index contributed by atoms with van der Waals surface area (Å²) in [7, 11) is 4.64. The van der Waals surface area contributed by atoms with Gasteiger partial charge in [0.25, 0.3) is 5.92 Å². The second-order valence-corrected chi connectivity index (χ2v) is 13.8. The predicted molar refractivity (Wildman–Crippen MR) is 181 cm³/mol. The van der Waals surface area contributed by atoms with Crippen molar-refractivity contribution < 1.29 is 63.8 Å². The Bertz CT molecular complexity index is 2030. The van der Waals surface area contributed by atoms with Crippen LogP contribution < -0.4 is 10.1 Å². The van der Waals surface area contributed by atoms with Crippen LogP contribution in [0.15, 0.2) is 59.2 Å². The Labute approximate surface area is 325 Å². The topological polar surface area (TPSA) is 120 Å². The average Bonchev–Trinajstić information content (AvgIpc) is 3.90. The minimum absolute atomic E-state index is 0. The van der Waals surface area contributed by atoms with Crippen molar-refractivity contribution in [3.8, 4) is 28.1 Å². The van der Waals surface area contributed by atoms with Crippen LogP contribution in [0, 0.1) is 50.2 Å². The molecule has 0 spiro atoms. The zero-order valence-corrected chi connectivity index (χ0v) is 33.7. The van der Waals surface area contributed by atoms with E-state index >= 15 is 8.78 Å². The maximum Gasteiger partial charge on any atom is 2.00 e. The van der Waals surface area contributed by atoms with Gasteiger partial charge in [0.15, 0.2) is 0 Å². The molecular weight excluding hydrogens is 952 g/mol. The number of urea groups is 1. The molecule has 3 heterocycles. The van der Waals surface area contributed by atoms with Crippen LogP contribution >= 0.6 is 15.9 Å². The van der Waals surface area contributed by atoms with Crippen LogP contribution in [0.25, 0.3) is 22.4 Å². The van der Waals surface area contributed by atoms with Gasteiger partial charge in [-0.25, -0.2) is 14.6 Å². The number of amides is 4. The van der Waals surface area contributed by atoms with Gasteiger partial charge in [-0.1, -0.05) is 48.0 Å². The molecule has 2 atom stereocenters. The summed E-state index contributed by atoms with van der Waals surface area (Å²) in [6.07, 6.45) is 0.768. The number of aromatic amines is 1. The summed E-state index contributed by atoms with van der Waals surface area (Å²) < 4.78 is 41.7. The van der Waals surface area contributed by atoms with E-state index in [1.165, 1.54) is 30.3 Å². The molecule has 2 aliphatic heterocycles. The van der Waals surface area contributed by atoms with E-state index in [1.54, 1.807) is 60.0 Å². The van der Waals surface area contributed by atoms with Crippen LogP contribution in [0.3, 0.4) is 0 Å². The van der Waals surface area contributed by atoms with E-state index < -0.39 is 30.0 Å². The first-order valence-corrected chi connectivity index (χ1v) is 16.7. The molecule has 0 bridgehead atoms. The van der Waals surface area contributed by atoms with Gasteiger partial charge in [0.1, 0.15) is 17.9 Å². The molecule has 11 nitrogen and oxygen atoms in total. The molecule has 0 saturated carbocycles. The third-order valence-electron chi connectivity index (χ3n) is 9.48. The summed E-state index contributed by atoms with van der Waals surface area (Å²) >= 11 is 3.30. The quantitative estimate of drug-likeness (QED) is 0.211. The number of alkyl carbamates (subject to hydrolysis) is 1. The van der Waals surface area contributed by atoms with Crippen LogP contribution in [-0.2, 0) is 28.5 Å². The number of nitrogens with zero attached hydrogens (tertiary/aromatic N) is 4. The van der Waals surface area contributed by atoms with Gasteiger partial charge in [-0.05, 0) is 41.0 Å². The summed E-state index contributed by atoms with van der Waals surface area (Å²) in [4.78, 5) is 52.8. The summed E-state index contributed by atoms with van der Waals surface area (Å²) in [5.41, 5.74) is 3.55. The number of imidazole rings is 1. The largest absolute Gasteiger partial charge is 2.00 e. The van der Waals surface area contributed by atoms with E-state index in [-0.39, 0.29) is 67.4 Å². The molecule has 0 unspecified atom stereocenters. The van der Waals surface area contributed by atoms with Gasteiger partial charge in [0, 0.05) is 34.3 Å². The number of aromatic nitrogens is 2. The van der Waals surface area contributed by atoms with E-state index in [2.05, 4.69) is 44.4 Å². The van der Waals surface area contributed by atoms with Crippen molar-refractivity contribution in [3.05, 3.63) is 100 Å². The Kier molecular flexibility index (Phi) is 10.3. The molecule has 2 N–H and O–H groups in total. The first-order valence-electron chi connectivity index (χ1n) is 15.9. The van der Waals surface area contributed by atoms with E-state index in [0.29, 0.717) is 51.5 Å². The number of H-pyrrole nitrogens is 1. The molecule has 1 fully saturated rings. The van der Waals surface area contributed by atoms with Crippen molar-refractivity contribution in [2.24, 2.45) is 5.92 Å². The third kappa shape index (κ3) is 6.64. The van der Waals surface area contributed by atoms with Crippen molar-refractivity contribution in [1.29, 1.82) is 0 Å². The fourth-order valence-electron chi connectivity index (χ4n) is 6.86. The fourth-order valence-corrected chi connectivity index (χ4v) is 7.22. The first kappa shape index (κ1) is 36.8. The van der Waals surface area contributed by atoms with E-state index in [1.807, 2.05) is 0 Å². The monoisotopic (exact) mass is 984 g/mol. The molecular formula is C36H33BrF2N6O5U. The second-order valence-electron chi connectivity index (χ2n) is 12.9. The number of rotatable bonds is 6. The van der Waals surface area contributed by atoms with Gasteiger partial charge >= 0.3 is 43.2 Å². The Hall–Kier alpha value is -3.93. The minimum atomic E-state index is -3.20. The molecule has 51 heavy (non-hydrogen) atoms. The van der Waals surface area contributed by atoms with Crippen molar-refractivity contribution >= 4 is 34.0 Å². The van der Waals surface area contributed by atoms with E-state index in [4.69, 9.17) is 9.47 Å². The zero-order chi connectivity index (χ0) is 35.5. The van der Waals surface area contributed by atoms with Crippen LogP contribution in [0.4, 0.5) is 18.4 Å². The second kappa shape index (κ2) is 14.2. The normalized spacial score (nSPS) is 17.4. The maximum absolute atomic E-state index is 15.6. The number of carbonyl (C=O) groups excluding carboxylic acids is 3. The summed E-state index contributed by atoms with van der Waals surface area (Å²) in [5.74, 6) is -3.11. The molecule has 7 rings (SSSR count). The van der Waals surface area contributed by atoms with Crippen LogP contribution in [0.1, 0.15) is 48.0 Å². The number of halogens is 3. The standard InChI is InChI=1S/C36H33BrF2N6O5.U/c1-19(2)31(42-34(47)50-4)33(46)45-18-44(35(48)43-15-21-5-8-24(49-3)11-22(21)16-43)17-30(45)32-40-14-29(41-32)20-6-9-25-26-10-7-23(37)13-28(26)36(38,39)27(25)12-20;/h5-7,9-14,19,30-31H,3,15-18H2,1-2,4H3,(H,40,41)(H,42,47);/q-2;+2/t30-,31-;/m0./s1. The van der Waals surface area contributed by atoms with Gasteiger partial charge in [0.2, 0.25) is 5.91 Å². The predicted octanol–water partition coefficient (Wildman–Crippen LogP) is 6.59. The third-order valence-corrected chi connectivity index (χ3v) is 9.98. The van der Waals surface area contributed by atoms with Gasteiger partial charge in [0.05, 0.1) is 32.2 Å². The Morgan fingerprint density at radius 3 is 2.49 bits per heavy atom. The van der Waals surface area contributed by atoms with Crippen LogP contribution in [0.2, 0.25) is 0 Å². The number of benzene rings is 3. The number of carbonyl (C=O) groups is 3. The molecule has 4 aromatic rings. The molecule has 4 amide bonds. The molecule has 262 valence electrons. The van der Waals surface area contributed by atoms with Crippen LogP contribution in [0.5, 0.6) is 5.75 Å². The van der Waals surface area contributed by atoms with E-state index in [0.717, 1.165) is 11.1 Å². The van der Waals surface area contributed by atoms with Crippen molar-refractivity contribution in [2.75, 3.05) is 20.3 Å². The SMILES string of the molecule is [CH2-]Oc1[c-]cc2c(c1)CN(C(=O)N1C[C@@H](c3ncc(-c4ccc5c(c4)C(F)(F)c4cc(Br)ccc4-5)[nH]3)N(C(=O)[C@@H](NC(=O)OC)C(C)C)C1)C2.[U+2].